The molecule has 1 aromatic carbocycles. The fraction of sp³-hybridized carbons (Fsp3) is 0.500. The highest BCUT2D eigenvalue weighted by atomic mass is 19.1. The molecule has 1 unspecified atom stereocenters. The van der Waals surface area contributed by atoms with Crippen molar-refractivity contribution in [1.29, 1.82) is 0 Å². The summed E-state index contributed by atoms with van der Waals surface area (Å²) in [6.07, 6.45) is 3.47. The van der Waals surface area contributed by atoms with Gasteiger partial charge < -0.3 is 11.1 Å². The van der Waals surface area contributed by atoms with Crippen molar-refractivity contribution in [1.82, 2.24) is 15.0 Å². The molecule has 1 saturated carbocycles. The highest BCUT2D eigenvalue weighted by molar-refractivity contribution is 5.33. The van der Waals surface area contributed by atoms with Gasteiger partial charge in [0.2, 0.25) is 11.9 Å². The zero-order valence-corrected chi connectivity index (χ0v) is 14.3. The predicted octanol–water partition coefficient (Wildman–Crippen LogP) is 3.84. The molecule has 2 aromatic rings. The van der Waals surface area contributed by atoms with Crippen LogP contribution in [-0.4, -0.2) is 21.0 Å². The monoisotopic (exact) mass is 347 g/mol. The summed E-state index contributed by atoms with van der Waals surface area (Å²) in [4.78, 5) is 12.0. The maximum Gasteiger partial charge on any atom is 0.228 e. The Kier molecular flexibility index (Phi) is 5.40. The Labute approximate surface area is 146 Å². The zero-order valence-electron chi connectivity index (χ0n) is 14.3. The number of benzene rings is 1. The van der Waals surface area contributed by atoms with Crippen LogP contribution < -0.4 is 11.1 Å². The summed E-state index contributed by atoms with van der Waals surface area (Å²) in [5.41, 5.74) is 6.36. The number of aromatic nitrogens is 3. The van der Waals surface area contributed by atoms with Gasteiger partial charge in [0.25, 0.3) is 0 Å². The lowest BCUT2D eigenvalue weighted by molar-refractivity contribution is 0.265. The van der Waals surface area contributed by atoms with E-state index in [1.807, 2.05) is 6.07 Å². The molecule has 0 bridgehead atoms. The Morgan fingerprint density at radius 3 is 2.64 bits per heavy atom. The summed E-state index contributed by atoms with van der Waals surface area (Å²) in [7, 11) is 0. The molecule has 0 amide bonds. The van der Waals surface area contributed by atoms with Gasteiger partial charge in [0.05, 0.1) is 0 Å². The number of hydrogen-bond acceptors (Lipinski definition) is 5. The molecule has 0 saturated heterocycles. The second-order valence-electron chi connectivity index (χ2n) is 6.56. The van der Waals surface area contributed by atoms with Gasteiger partial charge in [0.1, 0.15) is 5.82 Å². The fourth-order valence-electron chi connectivity index (χ4n) is 3.10. The van der Waals surface area contributed by atoms with E-state index in [9.17, 15) is 8.78 Å². The Hall–Kier alpha value is -2.31. The van der Waals surface area contributed by atoms with Gasteiger partial charge in [-0.2, -0.15) is 15.0 Å². The number of nitrogens with one attached hydrogen (secondary N) is 1. The van der Waals surface area contributed by atoms with E-state index in [0.29, 0.717) is 17.9 Å². The first-order valence-corrected chi connectivity index (χ1v) is 8.68. The van der Waals surface area contributed by atoms with Gasteiger partial charge in [0, 0.05) is 6.04 Å². The first-order chi connectivity index (χ1) is 12.0. The second-order valence-corrected chi connectivity index (χ2v) is 6.56. The third-order valence-corrected chi connectivity index (χ3v) is 4.74. The molecule has 2 atom stereocenters. The van der Waals surface area contributed by atoms with Crippen LogP contribution in [0.1, 0.15) is 50.2 Å². The average molecular weight is 347 g/mol. The van der Waals surface area contributed by atoms with Crippen LogP contribution in [0.5, 0.6) is 0 Å². The van der Waals surface area contributed by atoms with Crippen molar-refractivity contribution in [3.8, 4) is 0 Å². The van der Waals surface area contributed by atoms with E-state index in [4.69, 9.17) is 5.73 Å². The van der Waals surface area contributed by atoms with Gasteiger partial charge in [-0.25, -0.2) is 8.78 Å². The zero-order chi connectivity index (χ0) is 17.8. The average Bonchev–Trinajstić information content (AvgIpc) is 2.51. The molecule has 1 aliphatic rings. The van der Waals surface area contributed by atoms with Crippen LogP contribution in [0.3, 0.4) is 0 Å². The standard InChI is InChI=1S/C18H23F2N5/c1-11(19)16-23-17(21)25-18(24-16)22-15(13-6-4-7-13)10-9-12-5-2-3-8-14(12)20/h2-3,5,8,11,13,15H,4,6-7,9-10H2,1H3,(H3,21,22,23,24,25)/t11?,15-/m0/s1. The number of rotatable bonds is 7. The van der Waals surface area contributed by atoms with Crippen LogP contribution >= 0.6 is 0 Å². The molecule has 1 heterocycles. The molecule has 5 nitrogen and oxygen atoms in total. The second kappa shape index (κ2) is 7.72. The van der Waals surface area contributed by atoms with Crippen molar-refractivity contribution in [2.45, 2.75) is 51.2 Å². The van der Waals surface area contributed by atoms with Crippen LogP contribution in [0.4, 0.5) is 20.7 Å². The van der Waals surface area contributed by atoms with Crippen molar-refractivity contribution in [2.75, 3.05) is 11.1 Å². The summed E-state index contributed by atoms with van der Waals surface area (Å²) in [6.45, 7) is 1.36. The van der Waals surface area contributed by atoms with E-state index < -0.39 is 6.17 Å². The van der Waals surface area contributed by atoms with E-state index in [1.165, 1.54) is 19.4 Å². The predicted molar refractivity (Wildman–Crippen MR) is 93.2 cm³/mol. The van der Waals surface area contributed by atoms with E-state index in [1.54, 1.807) is 12.1 Å². The molecule has 1 aliphatic carbocycles. The minimum absolute atomic E-state index is 0.00142. The molecule has 3 N–H and O–H groups in total. The summed E-state index contributed by atoms with van der Waals surface area (Å²) in [5, 5.41) is 3.28. The summed E-state index contributed by atoms with van der Waals surface area (Å²) < 4.78 is 27.4. The first-order valence-electron chi connectivity index (χ1n) is 8.68. The molecule has 134 valence electrons. The van der Waals surface area contributed by atoms with Crippen LogP contribution in [0.25, 0.3) is 0 Å². The van der Waals surface area contributed by atoms with E-state index in [2.05, 4.69) is 20.3 Å². The number of nitrogens with two attached hydrogens (primary N) is 1. The Bertz CT molecular complexity index is 718. The molecule has 0 radical (unpaired) electrons. The van der Waals surface area contributed by atoms with Crippen LogP contribution in [0.15, 0.2) is 24.3 Å². The van der Waals surface area contributed by atoms with Gasteiger partial charge in [-0.05, 0) is 50.2 Å². The number of alkyl halides is 1. The highest BCUT2D eigenvalue weighted by Crippen LogP contribution is 2.33. The van der Waals surface area contributed by atoms with E-state index in [0.717, 1.165) is 19.3 Å². The molecular weight excluding hydrogens is 324 g/mol. The van der Waals surface area contributed by atoms with Crippen LogP contribution in [0.2, 0.25) is 0 Å². The number of anilines is 2. The minimum atomic E-state index is -1.31. The maximum atomic E-state index is 13.8. The van der Waals surface area contributed by atoms with Gasteiger partial charge in [-0.15, -0.1) is 0 Å². The van der Waals surface area contributed by atoms with Crippen molar-refractivity contribution in [2.24, 2.45) is 5.92 Å². The number of aryl methyl sites for hydroxylation is 1. The third-order valence-electron chi connectivity index (χ3n) is 4.74. The van der Waals surface area contributed by atoms with Gasteiger partial charge >= 0.3 is 0 Å². The fourth-order valence-corrected chi connectivity index (χ4v) is 3.10. The largest absolute Gasteiger partial charge is 0.368 e. The smallest absolute Gasteiger partial charge is 0.228 e. The molecule has 1 fully saturated rings. The molecule has 0 spiro atoms. The lowest BCUT2D eigenvalue weighted by atomic mass is 9.78. The molecule has 0 aliphatic heterocycles. The molecule has 7 heteroatoms. The van der Waals surface area contributed by atoms with E-state index in [-0.39, 0.29) is 29.6 Å². The Morgan fingerprint density at radius 2 is 2.00 bits per heavy atom. The Morgan fingerprint density at radius 1 is 1.24 bits per heavy atom. The minimum Gasteiger partial charge on any atom is -0.368 e. The van der Waals surface area contributed by atoms with Gasteiger partial charge in [0.15, 0.2) is 12.0 Å². The van der Waals surface area contributed by atoms with Crippen molar-refractivity contribution in [3.05, 3.63) is 41.5 Å². The normalized spacial score (nSPS) is 16.9. The number of hydrogen-bond donors (Lipinski definition) is 2. The highest BCUT2D eigenvalue weighted by Gasteiger charge is 2.28. The quantitative estimate of drug-likeness (QED) is 0.796. The van der Waals surface area contributed by atoms with Crippen LogP contribution in [0, 0.1) is 11.7 Å². The van der Waals surface area contributed by atoms with Gasteiger partial charge in [-0.3, -0.25) is 0 Å². The summed E-state index contributed by atoms with van der Waals surface area (Å²) in [6, 6.07) is 6.90. The third kappa shape index (κ3) is 4.41. The molecule has 25 heavy (non-hydrogen) atoms. The first kappa shape index (κ1) is 17.5. The number of nitrogen functional groups attached to an aromatic ring is 1. The van der Waals surface area contributed by atoms with E-state index >= 15 is 0 Å². The van der Waals surface area contributed by atoms with Crippen molar-refractivity contribution >= 4 is 11.9 Å². The lowest BCUT2D eigenvalue weighted by Gasteiger charge is -2.34. The SMILES string of the molecule is CC(F)c1nc(N)nc(N[C@@H](CCc2ccccc2F)C2CCC2)n1. The van der Waals surface area contributed by atoms with Gasteiger partial charge in [-0.1, -0.05) is 24.6 Å². The maximum absolute atomic E-state index is 13.8. The van der Waals surface area contributed by atoms with Crippen LogP contribution in [-0.2, 0) is 6.42 Å². The lowest BCUT2D eigenvalue weighted by Crippen LogP contribution is -2.35. The Balaban J connectivity index is 1.72. The molecular formula is C18H23F2N5. The summed E-state index contributed by atoms with van der Waals surface area (Å²) in [5.74, 6) is 0.608. The summed E-state index contributed by atoms with van der Waals surface area (Å²) >= 11 is 0. The van der Waals surface area contributed by atoms with Crippen molar-refractivity contribution < 1.29 is 8.78 Å². The van der Waals surface area contributed by atoms with Crippen molar-refractivity contribution in [3.63, 3.8) is 0 Å². The number of nitrogens with zero attached hydrogens (tertiary/aromatic N) is 3. The topological polar surface area (TPSA) is 76.7 Å². The molecule has 3 rings (SSSR count). The molecule has 1 aromatic heterocycles. The number of halogens is 2.